The molecule has 0 fully saturated rings. The van der Waals surface area contributed by atoms with Gasteiger partial charge >= 0.3 is 0 Å². The maximum absolute atomic E-state index is 10.1. The molecular weight excluding hydrogens is 266 g/mol. The summed E-state index contributed by atoms with van der Waals surface area (Å²) in [5, 5.41) is 23.1. The summed E-state index contributed by atoms with van der Waals surface area (Å²) in [7, 11) is 0. The van der Waals surface area contributed by atoms with Gasteiger partial charge in [0.05, 0.1) is 18.3 Å². The fraction of sp³-hybridized carbons (Fsp3) is 1.00. The van der Waals surface area contributed by atoms with Crippen LogP contribution in [0.2, 0.25) is 0 Å². The first-order valence-corrected chi connectivity index (χ1v) is 8.70. The monoisotopic (exact) mass is 303 g/mol. The van der Waals surface area contributed by atoms with Crippen LogP contribution < -0.4 is 5.32 Å². The Balaban J connectivity index is 3.72. The van der Waals surface area contributed by atoms with Gasteiger partial charge in [0.25, 0.3) is 0 Å². The molecule has 0 aliphatic heterocycles. The second-order valence-corrected chi connectivity index (χ2v) is 6.17. The quantitative estimate of drug-likeness (QED) is 0.462. The zero-order valence-corrected chi connectivity index (χ0v) is 14.5. The molecule has 0 spiro atoms. The predicted molar refractivity (Wildman–Crippen MR) is 88.5 cm³/mol. The molecule has 0 amide bonds. The second-order valence-electron chi connectivity index (χ2n) is 6.17. The van der Waals surface area contributed by atoms with Crippen LogP contribution in [0.5, 0.6) is 0 Å². The Labute approximate surface area is 131 Å². The van der Waals surface area contributed by atoms with Crippen molar-refractivity contribution in [3.05, 3.63) is 0 Å². The van der Waals surface area contributed by atoms with E-state index in [1.807, 2.05) is 13.8 Å². The summed E-state index contributed by atoms with van der Waals surface area (Å²) in [6, 6.07) is 0. The van der Waals surface area contributed by atoms with Gasteiger partial charge in [-0.05, 0) is 25.2 Å². The Hall–Kier alpha value is -0.160. The molecule has 21 heavy (non-hydrogen) atoms. The van der Waals surface area contributed by atoms with Gasteiger partial charge in [-0.1, -0.05) is 47.0 Å². The molecule has 0 aliphatic carbocycles. The van der Waals surface area contributed by atoms with Crippen molar-refractivity contribution in [1.82, 2.24) is 5.32 Å². The molecule has 4 nitrogen and oxygen atoms in total. The van der Waals surface area contributed by atoms with Crippen molar-refractivity contribution in [2.75, 3.05) is 26.3 Å². The predicted octanol–water partition coefficient (Wildman–Crippen LogP) is 2.72. The van der Waals surface area contributed by atoms with Gasteiger partial charge < -0.3 is 20.3 Å². The molecule has 2 unspecified atom stereocenters. The third kappa shape index (κ3) is 10.2. The van der Waals surface area contributed by atoms with Gasteiger partial charge in [-0.15, -0.1) is 0 Å². The molecule has 3 N–H and O–H groups in total. The van der Waals surface area contributed by atoms with Crippen LogP contribution in [-0.4, -0.2) is 48.2 Å². The minimum atomic E-state index is -0.659. The van der Waals surface area contributed by atoms with Gasteiger partial charge in [0, 0.05) is 19.7 Å². The lowest BCUT2D eigenvalue weighted by Gasteiger charge is -2.26. The molecular formula is C17H37NO3. The minimum Gasteiger partial charge on any atom is -0.389 e. The van der Waals surface area contributed by atoms with Crippen molar-refractivity contribution >= 4 is 0 Å². The molecule has 0 aromatic carbocycles. The zero-order valence-electron chi connectivity index (χ0n) is 14.5. The summed E-state index contributed by atoms with van der Waals surface area (Å²) in [5.74, 6) is 0.607. The van der Waals surface area contributed by atoms with Crippen LogP contribution in [0.3, 0.4) is 0 Å². The molecule has 2 atom stereocenters. The number of aliphatic hydroxyl groups excluding tert-OH is 1. The van der Waals surface area contributed by atoms with Crippen molar-refractivity contribution in [1.29, 1.82) is 0 Å². The van der Waals surface area contributed by atoms with Crippen LogP contribution in [0.15, 0.2) is 0 Å². The summed E-state index contributed by atoms with van der Waals surface area (Å²) in [4.78, 5) is 0. The van der Waals surface area contributed by atoms with E-state index in [1.54, 1.807) is 0 Å². The highest BCUT2D eigenvalue weighted by atomic mass is 16.5. The summed E-state index contributed by atoms with van der Waals surface area (Å²) < 4.78 is 5.63. The SMILES string of the molecule is CCCCC(CC)COCC(O)CNCC(O)(CC)CC. The van der Waals surface area contributed by atoms with Crippen LogP contribution in [0.4, 0.5) is 0 Å². The molecule has 0 aliphatic rings. The van der Waals surface area contributed by atoms with E-state index in [1.165, 1.54) is 19.3 Å². The number of nitrogens with one attached hydrogen (secondary N) is 1. The highest BCUT2D eigenvalue weighted by molar-refractivity contribution is 4.78. The highest BCUT2D eigenvalue weighted by Crippen LogP contribution is 2.13. The first kappa shape index (κ1) is 20.8. The van der Waals surface area contributed by atoms with Gasteiger partial charge in [0.2, 0.25) is 0 Å². The number of hydrogen-bond acceptors (Lipinski definition) is 4. The van der Waals surface area contributed by atoms with Crippen LogP contribution >= 0.6 is 0 Å². The van der Waals surface area contributed by atoms with Crippen molar-refractivity contribution < 1.29 is 14.9 Å². The zero-order chi connectivity index (χ0) is 16.1. The third-order valence-electron chi connectivity index (χ3n) is 4.36. The van der Waals surface area contributed by atoms with Crippen molar-refractivity contribution in [3.63, 3.8) is 0 Å². The summed E-state index contributed by atoms with van der Waals surface area (Å²) in [6.45, 7) is 10.4. The van der Waals surface area contributed by atoms with E-state index in [2.05, 4.69) is 19.2 Å². The smallest absolute Gasteiger partial charge is 0.0897 e. The molecule has 0 saturated heterocycles. The summed E-state index contributed by atoms with van der Waals surface area (Å²) in [6.07, 6.45) is 5.75. The van der Waals surface area contributed by atoms with Gasteiger partial charge in [-0.2, -0.15) is 0 Å². The molecule has 4 heteroatoms. The fourth-order valence-corrected chi connectivity index (χ4v) is 2.30. The third-order valence-corrected chi connectivity index (χ3v) is 4.36. The Morgan fingerprint density at radius 2 is 1.76 bits per heavy atom. The lowest BCUT2D eigenvalue weighted by molar-refractivity contribution is 0.00801. The normalized spacial score (nSPS) is 15.1. The maximum Gasteiger partial charge on any atom is 0.0897 e. The first-order chi connectivity index (χ1) is 10.0. The molecule has 0 heterocycles. The molecule has 0 radical (unpaired) electrons. The van der Waals surface area contributed by atoms with Crippen molar-refractivity contribution in [2.24, 2.45) is 5.92 Å². The largest absolute Gasteiger partial charge is 0.389 e. The van der Waals surface area contributed by atoms with Crippen LogP contribution in [-0.2, 0) is 4.74 Å². The van der Waals surface area contributed by atoms with Gasteiger partial charge in [0.15, 0.2) is 0 Å². The average Bonchev–Trinajstić information content (AvgIpc) is 2.50. The number of ether oxygens (including phenoxy) is 1. The first-order valence-electron chi connectivity index (χ1n) is 8.70. The van der Waals surface area contributed by atoms with Gasteiger partial charge in [-0.3, -0.25) is 0 Å². The van der Waals surface area contributed by atoms with Crippen molar-refractivity contribution in [2.45, 2.75) is 77.9 Å². The molecule has 128 valence electrons. The van der Waals surface area contributed by atoms with E-state index in [4.69, 9.17) is 4.74 Å². The number of aliphatic hydroxyl groups is 2. The van der Waals surface area contributed by atoms with E-state index < -0.39 is 11.7 Å². The van der Waals surface area contributed by atoms with Crippen LogP contribution in [0.25, 0.3) is 0 Å². The van der Waals surface area contributed by atoms with Crippen molar-refractivity contribution in [3.8, 4) is 0 Å². The van der Waals surface area contributed by atoms with E-state index in [0.717, 1.165) is 25.9 Å². The Morgan fingerprint density at radius 1 is 1.10 bits per heavy atom. The molecule has 0 rings (SSSR count). The number of hydrogen-bond donors (Lipinski definition) is 3. The number of rotatable bonds is 14. The molecule has 0 aromatic rings. The standard InChI is InChI=1S/C17H37NO3/c1-5-9-10-15(6-2)12-21-13-16(19)11-18-14-17(20,7-3)8-4/h15-16,18-20H,5-14H2,1-4H3. The molecule has 0 aromatic heterocycles. The topological polar surface area (TPSA) is 61.7 Å². The van der Waals surface area contributed by atoms with Crippen LogP contribution in [0, 0.1) is 5.92 Å². The Kier molecular flexibility index (Phi) is 12.3. The van der Waals surface area contributed by atoms with E-state index in [-0.39, 0.29) is 0 Å². The van der Waals surface area contributed by atoms with E-state index >= 15 is 0 Å². The summed E-state index contributed by atoms with van der Waals surface area (Å²) >= 11 is 0. The lowest BCUT2D eigenvalue weighted by atomic mass is 9.97. The Morgan fingerprint density at radius 3 is 2.29 bits per heavy atom. The minimum absolute atomic E-state index is 0.367. The van der Waals surface area contributed by atoms with Gasteiger partial charge in [0.1, 0.15) is 0 Å². The van der Waals surface area contributed by atoms with Crippen LogP contribution in [0.1, 0.15) is 66.2 Å². The maximum atomic E-state index is 10.1. The number of unbranched alkanes of at least 4 members (excludes halogenated alkanes) is 1. The lowest BCUT2D eigenvalue weighted by Crippen LogP contribution is -2.42. The Bertz CT molecular complexity index is 232. The van der Waals surface area contributed by atoms with E-state index in [0.29, 0.717) is 25.6 Å². The fourth-order valence-electron chi connectivity index (χ4n) is 2.30. The molecule has 0 saturated carbocycles. The summed E-state index contributed by atoms with van der Waals surface area (Å²) in [5.41, 5.74) is -0.659. The van der Waals surface area contributed by atoms with E-state index in [9.17, 15) is 10.2 Å². The highest BCUT2D eigenvalue weighted by Gasteiger charge is 2.21. The molecule has 0 bridgehead atoms. The second kappa shape index (κ2) is 12.4. The average molecular weight is 303 g/mol. The van der Waals surface area contributed by atoms with Gasteiger partial charge in [-0.25, -0.2) is 0 Å².